The first kappa shape index (κ1) is 11.6. The molecule has 7 nitrogen and oxygen atoms in total. The number of nitrogens with two attached hydrogens (primary N) is 1. The van der Waals surface area contributed by atoms with Gasteiger partial charge in [0.25, 0.3) is 0 Å². The minimum absolute atomic E-state index is 0.425. The molecule has 0 saturated carbocycles. The van der Waals surface area contributed by atoms with E-state index in [1.807, 2.05) is 0 Å². The van der Waals surface area contributed by atoms with E-state index in [0.717, 1.165) is 0 Å². The fourth-order valence-corrected chi connectivity index (χ4v) is 1.95. The van der Waals surface area contributed by atoms with E-state index in [9.17, 15) is 0 Å². The van der Waals surface area contributed by atoms with Crippen LogP contribution in [0.25, 0.3) is 0 Å². The number of nitrogen functional groups attached to an aromatic ring is 1. The molecular formula is C9H10N6OS. The summed E-state index contributed by atoms with van der Waals surface area (Å²) in [5.41, 5.74) is 2.45. The molecule has 0 fully saturated rings. The third-order valence-corrected chi connectivity index (χ3v) is 2.76. The van der Waals surface area contributed by atoms with E-state index in [1.165, 1.54) is 25.2 Å². The van der Waals surface area contributed by atoms with E-state index in [4.69, 9.17) is 10.6 Å². The van der Waals surface area contributed by atoms with Crippen LogP contribution in [-0.4, -0.2) is 27.0 Å². The summed E-state index contributed by atoms with van der Waals surface area (Å²) < 4.78 is 5.20. The Kier molecular flexibility index (Phi) is 3.68. The molecule has 17 heavy (non-hydrogen) atoms. The first-order valence-electron chi connectivity index (χ1n) is 4.64. The molecule has 2 aromatic rings. The van der Waals surface area contributed by atoms with Crippen molar-refractivity contribution in [2.45, 2.75) is 10.1 Å². The molecule has 3 N–H and O–H groups in total. The zero-order chi connectivity index (χ0) is 12.1. The smallest absolute Gasteiger partial charge is 0.195 e. The van der Waals surface area contributed by atoms with Gasteiger partial charge in [-0.2, -0.15) is 0 Å². The maximum atomic E-state index is 5.33. The summed E-state index contributed by atoms with van der Waals surface area (Å²) in [6, 6.07) is 0. The van der Waals surface area contributed by atoms with E-state index < -0.39 is 0 Å². The Bertz CT molecular complexity index is 494. The molecule has 2 aromatic heterocycles. The monoisotopic (exact) mass is 250 g/mol. The molecule has 0 aliphatic rings. The Hall–Kier alpha value is -1.93. The molecule has 0 bridgehead atoms. The minimum Gasteiger partial charge on any atom is -0.490 e. The lowest BCUT2D eigenvalue weighted by Crippen LogP contribution is -2.10. The van der Waals surface area contributed by atoms with Crippen LogP contribution in [0.3, 0.4) is 0 Å². The molecule has 0 spiro atoms. The average molecular weight is 250 g/mol. The number of hydrogen-bond acceptors (Lipinski definition) is 8. The van der Waals surface area contributed by atoms with Gasteiger partial charge in [0.2, 0.25) is 0 Å². The van der Waals surface area contributed by atoms with Crippen LogP contribution in [0.1, 0.15) is 0 Å². The van der Waals surface area contributed by atoms with Gasteiger partial charge in [-0.15, -0.1) is 0 Å². The van der Waals surface area contributed by atoms with Crippen molar-refractivity contribution < 1.29 is 4.74 Å². The standard InChI is InChI=1S/C9H10N6OS/c1-16-7-8(15-10)13-5-14-9(7)17-6-4-11-2-3-12-6/h2-5H,10H2,1H3,(H,13,14,15). The van der Waals surface area contributed by atoms with Gasteiger partial charge in [0, 0.05) is 12.4 Å². The number of aromatic nitrogens is 4. The summed E-state index contributed by atoms with van der Waals surface area (Å²) in [6.45, 7) is 0. The number of anilines is 1. The SMILES string of the molecule is COc1c(NN)ncnc1Sc1cnccn1. The summed E-state index contributed by atoms with van der Waals surface area (Å²) in [5, 5.41) is 1.34. The van der Waals surface area contributed by atoms with Crippen LogP contribution in [0.5, 0.6) is 5.75 Å². The van der Waals surface area contributed by atoms with Crippen molar-refractivity contribution in [3.8, 4) is 5.75 Å². The number of ether oxygens (including phenoxy) is 1. The number of hydrazine groups is 1. The molecule has 2 heterocycles. The normalized spacial score (nSPS) is 10.0. The van der Waals surface area contributed by atoms with Crippen LogP contribution in [0.15, 0.2) is 35.0 Å². The van der Waals surface area contributed by atoms with Crippen LogP contribution in [-0.2, 0) is 0 Å². The van der Waals surface area contributed by atoms with Crippen LogP contribution in [0, 0.1) is 0 Å². The molecule has 0 aromatic carbocycles. The van der Waals surface area contributed by atoms with Gasteiger partial charge < -0.3 is 10.2 Å². The average Bonchev–Trinajstić information content (AvgIpc) is 2.39. The number of rotatable bonds is 4. The molecule has 8 heteroatoms. The van der Waals surface area contributed by atoms with Crippen molar-refractivity contribution >= 4 is 17.6 Å². The molecule has 0 atom stereocenters. The van der Waals surface area contributed by atoms with Crippen LogP contribution >= 0.6 is 11.8 Å². The van der Waals surface area contributed by atoms with Gasteiger partial charge in [-0.1, -0.05) is 0 Å². The molecule has 0 aliphatic carbocycles. The highest BCUT2D eigenvalue weighted by Gasteiger charge is 2.13. The van der Waals surface area contributed by atoms with Crippen molar-refractivity contribution in [2.24, 2.45) is 5.84 Å². The second-order valence-corrected chi connectivity index (χ2v) is 3.86. The highest BCUT2D eigenvalue weighted by atomic mass is 32.2. The Morgan fingerprint density at radius 3 is 2.82 bits per heavy atom. The van der Waals surface area contributed by atoms with Gasteiger partial charge in [-0.25, -0.2) is 20.8 Å². The van der Waals surface area contributed by atoms with E-state index in [1.54, 1.807) is 18.6 Å². The Morgan fingerprint density at radius 2 is 2.18 bits per heavy atom. The van der Waals surface area contributed by atoms with Crippen LogP contribution in [0.2, 0.25) is 0 Å². The molecule has 0 saturated heterocycles. The van der Waals surface area contributed by atoms with Crippen molar-refractivity contribution in [1.82, 2.24) is 19.9 Å². The highest BCUT2D eigenvalue weighted by Crippen LogP contribution is 2.34. The van der Waals surface area contributed by atoms with Crippen molar-refractivity contribution in [3.05, 3.63) is 24.9 Å². The molecule has 0 aliphatic heterocycles. The number of nitrogens with zero attached hydrogens (tertiary/aromatic N) is 4. The summed E-state index contributed by atoms with van der Waals surface area (Å²) in [5.74, 6) is 6.23. The first-order valence-corrected chi connectivity index (χ1v) is 5.46. The molecule has 2 rings (SSSR count). The zero-order valence-electron chi connectivity index (χ0n) is 8.99. The maximum Gasteiger partial charge on any atom is 0.195 e. The lowest BCUT2D eigenvalue weighted by molar-refractivity contribution is 0.400. The van der Waals surface area contributed by atoms with Gasteiger partial charge in [-0.05, 0) is 11.8 Å². The lowest BCUT2D eigenvalue weighted by atomic mass is 10.5. The van der Waals surface area contributed by atoms with Gasteiger partial charge in [0.05, 0.1) is 13.3 Å². The predicted octanol–water partition coefficient (Wildman–Crippen LogP) is 0.712. The van der Waals surface area contributed by atoms with Crippen molar-refractivity contribution in [3.63, 3.8) is 0 Å². The molecule has 0 radical (unpaired) electrons. The fourth-order valence-electron chi connectivity index (χ4n) is 1.15. The lowest BCUT2D eigenvalue weighted by Gasteiger charge is -2.09. The molecule has 88 valence electrons. The van der Waals surface area contributed by atoms with Gasteiger partial charge in [0.1, 0.15) is 11.4 Å². The van der Waals surface area contributed by atoms with Gasteiger partial charge in [0.15, 0.2) is 16.6 Å². The number of hydrogen-bond donors (Lipinski definition) is 2. The quantitative estimate of drug-likeness (QED) is 0.465. The van der Waals surface area contributed by atoms with E-state index in [2.05, 4.69) is 25.4 Å². The molecule has 0 amide bonds. The Balaban J connectivity index is 2.33. The third-order valence-electron chi connectivity index (χ3n) is 1.85. The van der Waals surface area contributed by atoms with Crippen LogP contribution < -0.4 is 16.0 Å². The van der Waals surface area contributed by atoms with Crippen LogP contribution in [0.4, 0.5) is 5.82 Å². The largest absolute Gasteiger partial charge is 0.490 e. The van der Waals surface area contributed by atoms with E-state index >= 15 is 0 Å². The molecular weight excluding hydrogens is 240 g/mol. The summed E-state index contributed by atoms with van der Waals surface area (Å²) in [4.78, 5) is 16.2. The maximum absolute atomic E-state index is 5.33. The fraction of sp³-hybridized carbons (Fsp3) is 0.111. The van der Waals surface area contributed by atoms with E-state index in [0.29, 0.717) is 21.6 Å². The highest BCUT2D eigenvalue weighted by molar-refractivity contribution is 7.99. The predicted molar refractivity (Wildman–Crippen MR) is 62.5 cm³/mol. The second-order valence-electron chi connectivity index (χ2n) is 2.85. The summed E-state index contributed by atoms with van der Waals surface area (Å²) >= 11 is 1.32. The first-order chi connectivity index (χ1) is 8.35. The Labute approximate surface area is 102 Å². The van der Waals surface area contributed by atoms with Crippen molar-refractivity contribution in [1.29, 1.82) is 0 Å². The van der Waals surface area contributed by atoms with Crippen molar-refractivity contribution in [2.75, 3.05) is 12.5 Å². The minimum atomic E-state index is 0.425. The summed E-state index contributed by atoms with van der Waals surface area (Å²) in [6.07, 6.45) is 6.25. The molecule has 0 unspecified atom stereocenters. The summed E-state index contributed by atoms with van der Waals surface area (Å²) in [7, 11) is 1.53. The number of methoxy groups -OCH3 is 1. The van der Waals surface area contributed by atoms with E-state index in [-0.39, 0.29) is 0 Å². The third kappa shape index (κ3) is 2.60. The van der Waals surface area contributed by atoms with Gasteiger partial charge in [-0.3, -0.25) is 4.98 Å². The topological polar surface area (TPSA) is 98.8 Å². The second kappa shape index (κ2) is 5.41. The number of nitrogens with one attached hydrogen (secondary N) is 1. The van der Waals surface area contributed by atoms with Gasteiger partial charge >= 0.3 is 0 Å². The Morgan fingerprint density at radius 1 is 1.29 bits per heavy atom. The zero-order valence-corrected chi connectivity index (χ0v) is 9.81.